The van der Waals surface area contributed by atoms with Crippen LogP contribution in [0.3, 0.4) is 0 Å². The number of para-hydroxylation sites is 4. The number of furan rings is 2. The number of nitrogens with zero attached hydrogens (tertiary/aromatic N) is 6. The van der Waals surface area contributed by atoms with Gasteiger partial charge in [0.1, 0.15) is 22.3 Å². The largest absolute Gasteiger partial charge is 0.455 e. The fraction of sp³-hybridized carbons (Fsp3) is 0. The van der Waals surface area contributed by atoms with Gasteiger partial charge in [-0.25, -0.2) is 29.9 Å². The highest BCUT2D eigenvalue weighted by atomic mass is 16.3. The van der Waals surface area contributed by atoms with Crippen LogP contribution in [0, 0.1) is 0 Å². The number of aromatic nitrogens is 6. The van der Waals surface area contributed by atoms with Crippen LogP contribution in [0.2, 0.25) is 0 Å². The summed E-state index contributed by atoms with van der Waals surface area (Å²) in [6, 6.07) is 130. The lowest BCUT2D eigenvalue weighted by Crippen LogP contribution is -1.96. The van der Waals surface area contributed by atoms with Crippen LogP contribution in [0.5, 0.6) is 0 Å². The maximum Gasteiger partial charge on any atom is 0.160 e. The number of rotatable bonds is 11. The molecule has 0 fully saturated rings. The van der Waals surface area contributed by atoms with Gasteiger partial charge in [-0.1, -0.05) is 334 Å². The minimum atomic E-state index is 0.679. The Bertz CT molecular complexity index is 6950. The van der Waals surface area contributed by atoms with E-state index in [1.165, 1.54) is 27.1 Å². The van der Waals surface area contributed by atoms with Gasteiger partial charge in [0.2, 0.25) is 0 Å². The third-order valence-electron chi connectivity index (χ3n) is 20.6. The van der Waals surface area contributed by atoms with Crippen molar-refractivity contribution in [3.63, 3.8) is 0 Å². The zero-order valence-corrected chi connectivity index (χ0v) is 58.3. The van der Waals surface area contributed by atoms with Crippen molar-refractivity contribution in [2.45, 2.75) is 0 Å². The minimum Gasteiger partial charge on any atom is -0.455 e. The van der Waals surface area contributed by atoms with Crippen molar-refractivity contribution in [1.82, 2.24) is 29.9 Å². The minimum absolute atomic E-state index is 0.679. The van der Waals surface area contributed by atoms with Crippen molar-refractivity contribution in [3.05, 3.63) is 376 Å². The van der Waals surface area contributed by atoms with Crippen molar-refractivity contribution in [3.8, 4) is 124 Å². The molecule has 0 unspecified atom stereocenters. The highest BCUT2D eigenvalue weighted by molar-refractivity contribution is 6.23. The van der Waals surface area contributed by atoms with Crippen molar-refractivity contribution >= 4 is 87.2 Å². The van der Waals surface area contributed by atoms with Crippen LogP contribution in [-0.2, 0) is 0 Å². The Morgan fingerprint density at radius 1 is 0.185 bits per heavy atom. The summed E-state index contributed by atoms with van der Waals surface area (Å²) in [6.45, 7) is 0. The first-order chi connectivity index (χ1) is 53.5. The molecule has 0 aliphatic rings. The third-order valence-corrected chi connectivity index (χ3v) is 20.6. The van der Waals surface area contributed by atoms with Gasteiger partial charge in [-0.05, 0) is 86.3 Å². The standard InChI is InChI=1S/C53H33N3O.C47H29N3O/c1-3-13-34(14-4-1)35-25-31-40(32-26-35)53-54-46(37-16-5-2-6-17-37)33-47(55-53)38-27-29-39(30-28-38)50-49-44-20-9-10-24-48(44)57-52(49)45-23-12-22-43(51(45)56-50)42-21-11-18-36-15-7-8-19-41(36)42;1-3-15-31(16-4-1)40-29-41(49-47(48-40)32-17-5-2-6-18-32)33-20-11-21-34(28-33)44-43-38-23-9-10-27-42(38)51-46(43)39-26-13-25-37(45(39)50-44)36-24-12-19-30-14-7-8-22-35(30)36/h1-33H;1-29H. The maximum atomic E-state index is 6.69. The summed E-state index contributed by atoms with van der Waals surface area (Å²) in [6.07, 6.45) is 0. The van der Waals surface area contributed by atoms with E-state index in [1.807, 2.05) is 84.9 Å². The highest BCUT2D eigenvalue weighted by Crippen LogP contribution is 2.46. The monoisotopic (exact) mass is 1380 g/mol. The van der Waals surface area contributed by atoms with Gasteiger partial charge in [0.05, 0.1) is 56.0 Å². The van der Waals surface area contributed by atoms with Gasteiger partial charge in [0.15, 0.2) is 11.6 Å². The number of pyridine rings is 2. The maximum absolute atomic E-state index is 6.69. The molecule has 0 N–H and O–H groups in total. The van der Waals surface area contributed by atoms with E-state index < -0.39 is 0 Å². The molecule has 0 spiro atoms. The zero-order chi connectivity index (χ0) is 71.4. The van der Waals surface area contributed by atoms with E-state index in [4.69, 9.17) is 38.7 Å². The van der Waals surface area contributed by atoms with Gasteiger partial charge in [-0.15, -0.1) is 0 Å². The molecule has 0 saturated heterocycles. The fourth-order valence-electron chi connectivity index (χ4n) is 15.4. The van der Waals surface area contributed by atoms with Crippen LogP contribution in [0.4, 0.5) is 0 Å². The van der Waals surface area contributed by atoms with Gasteiger partial charge in [0, 0.05) is 77.2 Å². The van der Waals surface area contributed by atoms with E-state index in [2.05, 4.69) is 291 Å². The Balaban J connectivity index is 0.000000143. The first-order valence-electron chi connectivity index (χ1n) is 36.3. The van der Waals surface area contributed by atoms with Gasteiger partial charge in [-0.3, -0.25) is 0 Å². The molecule has 0 aliphatic heterocycles. The van der Waals surface area contributed by atoms with Gasteiger partial charge in [0.25, 0.3) is 0 Å². The second-order valence-electron chi connectivity index (χ2n) is 27.1. The summed E-state index contributed by atoms with van der Waals surface area (Å²) in [5.41, 5.74) is 25.1. The van der Waals surface area contributed by atoms with Crippen LogP contribution in [-0.4, -0.2) is 29.9 Å². The van der Waals surface area contributed by atoms with Crippen LogP contribution in [0.15, 0.2) is 385 Å². The molecule has 0 saturated carbocycles. The molecular weight excluding hydrogens is 1320 g/mol. The van der Waals surface area contributed by atoms with Gasteiger partial charge < -0.3 is 8.83 Å². The Labute approximate surface area is 621 Å². The summed E-state index contributed by atoms with van der Waals surface area (Å²) in [5, 5.41) is 10.8. The molecule has 8 nitrogen and oxygen atoms in total. The molecular formula is C100H62N6O2. The van der Waals surface area contributed by atoms with Crippen molar-refractivity contribution in [2.24, 2.45) is 0 Å². The predicted molar refractivity (Wildman–Crippen MR) is 444 cm³/mol. The lowest BCUT2D eigenvalue weighted by atomic mass is 9.94. The Kier molecular flexibility index (Phi) is 15.7. The molecule has 504 valence electrons. The first-order valence-corrected chi connectivity index (χ1v) is 36.3. The summed E-state index contributed by atoms with van der Waals surface area (Å²) >= 11 is 0. The molecule has 6 heterocycles. The molecule has 108 heavy (non-hydrogen) atoms. The number of hydrogen-bond acceptors (Lipinski definition) is 8. The lowest BCUT2D eigenvalue weighted by molar-refractivity contribution is 0.672. The number of hydrogen-bond donors (Lipinski definition) is 0. The summed E-state index contributed by atoms with van der Waals surface area (Å²) in [5.74, 6) is 1.36. The molecule has 0 aliphatic carbocycles. The number of fused-ring (bicyclic) bond motifs is 12. The molecule has 8 heteroatoms. The van der Waals surface area contributed by atoms with E-state index in [9.17, 15) is 0 Å². The molecule has 21 rings (SSSR count). The molecule has 0 atom stereocenters. The quantitative estimate of drug-likeness (QED) is 0.126. The van der Waals surface area contributed by atoms with E-state index in [0.29, 0.717) is 11.6 Å². The summed E-state index contributed by atoms with van der Waals surface area (Å²) < 4.78 is 13.4. The summed E-state index contributed by atoms with van der Waals surface area (Å²) in [4.78, 5) is 31.4. The van der Waals surface area contributed by atoms with Crippen molar-refractivity contribution in [1.29, 1.82) is 0 Å². The van der Waals surface area contributed by atoms with Crippen LogP contribution in [0.1, 0.15) is 0 Å². The third kappa shape index (κ3) is 11.5. The van der Waals surface area contributed by atoms with Crippen LogP contribution >= 0.6 is 0 Å². The van der Waals surface area contributed by atoms with E-state index in [-0.39, 0.29) is 0 Å². The van der Waals surface area contributed by atoms with Gasteiger partial charge >= 0.3 is 0 Å². The van der Waals surface area contributed by atoms with Crippen LogP contribution < -0.4 is 0 Å². The SMILES string of the molecule is c1ccc(-c2cc(-c3cccc(-c4nc5c(-c6cccc7ccccc67)cccc5c5oc6ccccc6c45)c3)nc(-c3ccccc3)n2)cc1.c1ccc(-c2ccc(-c3nc(-c4ccccc4)cc(-c4ccc(-c5nc6c(-c7cccc8ccccc78)cccc6c6oc7ccccc7c56)cc4)n3)cc2)cc1. The fourth-order valence-corrected chi connectivity index (χ4v) is 15.4. The Morgan fingerprint density at radius 2 is 0.491 bits per heavy atom. The topological polar surface area (TPSA) is 104 Å². The molecule has 0 amide bonds. The molecule has 15 aromatic carbocycles. The van der Waals surface area contributed by atoms with Crippen LogP contribution in [0.25, 0.3) is 211 Å². The smallest absolute Gasteiger partial charge is 0.160 e. The van der Waals surface area contributed by atoms with E-state index >= 15 is 0 Å². The molecule has 0 bridgehead atoms. The molecule has 21 aromatic rings. The van der Waals surface area contributed by atoms with Crippen molar-refractivity contribution < 1.29 is 8.83 Å². The Morgan fingerprint density at radius 3 is 0.991 bits per heavy atom. The average molecular weight is 1380 g/mol. The second kappa shape index (κ2) is 26.9. The molecule has 0 radical (unpaired) electrons. The normalized spacial score (nSPS) is 11.5. The number of benzene rings is 15. The van der Waals surface area contributed by atoms with Gasteiger partial charge in [-0.2, -0.15) is 0 Å². The lowest BCUT2D eigenvalue weighted by Gasteiger charge is -2.13. The molecule has 6 aromatic heterocycles. The predicted octanol–water partition coefficient (Wildman–Crippen LogP) is 26.5. The van der Waals surface area contributed by atoms with Crippen molar-refractivity contribution in [2.75, 3.05) is 0 Å². The summed E-state index contributed by atoms with van der Waals surface area (Å²) in [7, 11) is 0. The Hall–Kier alpha value is -14.6. The highest BCUT2D eigenvalue weighted by Gasteiger charge is 2.24. The van der Waals surface area contributed by atoms with E-state index in [1.54, 1.807) is 0 Å². The second-order valence-corrected chi connectivity index (χ2v) is 27.1. The zero-order valence-electron chi connectivity index (χ0n) is 58.3. The first kappa shape index (κ1) is 63.1. The average Bonchev–Trinajstić information content (AvgIpc) is 1.51. The van der Waals surface area contributed by atoms with E-state index in [0.717, 1.165) is 172 Å².